The fraction of sp³-hybridized carbons (Fsp3) is 0.529. The van der Waals surface area contributed by atoms with E-state index in [4.69, 9.17) is 0 Å². The first-order valence-corrected chi connectivity index (χ1v) is 16.1. The van der Waals surface area contributed by atoms with Crippen molar-refractivity contribution in [3.63, 3.8) is 0 Å². The van der Waals surface area contributed by atoms with Crippen LogP contribution in [0.15, 0.2) is 48.9 Å². The lowest BCUT2D eigenvalue weighted by Gasteiger charge is -2.29. The summed E-state index contributed by atoms with van der Waals surface area (Å²) in [5.41, 5.74) is 1.05. The molecule has 0 saturated heterocycles. The molecule has 1 aromatic carbocycles. The largest absolute Gasteiger partial charge is 0.349 e. The molecule has 0 radical (unpaired) electrons. The number of aromatic nitrogens is 2. The predicted molar refractivity (Wildman–Crippen MR) is 177 cm³/mol. The van der Waals surface area contributed by atoms with Gasteiger partial charge >= 0.3 is 0 Å². The number of nitrogens with one attached hydrogen (secondary N) is 5. The molecule has 13 nitrogen and oxygen atoms in total. The normalized spacial score (nSPS) is 13.7. The zero-order valence-corrected chi connectivity index (χ0v) is 28.3. The fourth-order valence-corrected chi connectivity index (χ4v) is 4.74. The molecule has 1 aromatic heterocycles. The van der Waals surface area contributed by atoms with Gasteiger partial charge in [-0.15, -0.1) is 0 Å². The Bertz CT molecular complexity index is 1350. The van der Waals surface area contributed by atoms with E-state index in [1.807, 2.05) is 44.2 Å². The summed E-state index contributed by atoms with van der Waals surface area (Å²) < 4.78 is 0. The molecule has 0 spiro atoms. The smallest absolute Gasteiger partial charge is 0.289 e. The van der Waals surface area contributed by atoms with Crippen molar-refractivity contribution in [2.75, 3.05) is 6.54 Å². The fourth-order valence-electron chi connectivity index (χ4n) is 4.74. The lowest BCUT2D eigenvalue weighted by Crippen LogP contribution is -2.60. The van der Waals surface area contributed by atoms with Crippen molar-refractivity contribution in [3.8, 4) is 0 Å². The quantitative estimate of drug-likeness (QED) is 0.151. The number of Topliss-reactive ketones (excluding diaryl/α,β-unsaturated/α-hetero) is 1. The summed E-state index contributed by atoms with van der Waals surface area (Å²) in [5, 5.41) is 13.4. The van der Waals surface area contributed by atoms with E-state index in [2.05, 4.69) is 36.6 Å². The Kier molecular flexibility index (Phi) is 15.6. The zero-order valence-electron chi connectivity index (χ0n) is 28.3. The van der Waals surface area contributed by atoms with Crippen molar-refractivity contribution in [2.24, 2.45) is 17.8 Å². The predicted octanol–water partition coefficient (Wildman–Crippen LogP) is 1.73. The first-order valence-electron chi connectivity index (χ1n) is 16.1. The van der Waals surface area contributed by atoms with Gasteiger partial charge in [-0.05, 0) is 42.6 Å². The number of carbonyl (C=O) groups excluding carboxylic acids is 6. The lowest BCUT2D eigenvalue weighted by molar-refractivity contribution is -0.140. The second kappa shape index (κ2) is 19.1. The monoisotopic (exact) mass is 651 g/mol. The minimum Gasteiger partial charge on any atom is -0.349 e. The number of rotatable bonds is 18. The van der Waals surface area contributed by atoms with Gasteiger partial charge in [-0.2, -0.15) is 0 Å². The summed E-state index contributed by atoms with van der Waals surface area (Å²) in [5.74, 6) is -4.69. The Morgan fingerprint density at radius 1 is 0.723 bits per heavy atom. The molecular weight excluding hydrogens is 602 g/mol. The summed E-state index contributed by atoms with van der Waals surface area (Å²) in [4.78, 5) is 86.4. The van der Waals surface area contributed by atoms with Crippen LogP contribution in [0.5, 0.6) is 0 Å². The Labute approximate surface area is 276 Å². The van der Waals surface area contributed by atoms with Gasteiger partial charge in [0.2, 0.25) is 23.5 Å². The highest BCUT2D eigenvalue weighted by molar-refractivity contribution is 6.38. The van der Waals surface area contributed by atoms with Gasteiger partial charge in [0.05, 0.1) is 12.2 Å². The van der Waals surface area contributed by atoms with Gasteiger partial charge in [0.25, 0.3) is 11.8 Å². The topological polar surface area (TPSA) is 188 Å². The highest BCUT2D eigenvalue weighted by Gasteiger charge is 2.34. The third-order valence-electron chi connectivity index (χ3n) is 7.43. The Hall–Kier alpha value is -4.68. The average molecular weight is 652 g/mol. The number of amides is 5. The van der Waals surface area contributed by atoms with E-state index in [9.17, 15) is 28.8 Å². The van der Waals surface area contributed by atoms with Crippen LogP contribution in [0.3, 0.4) is 0 Å². The standard InChI is InChI=1S/C34H49N7O6/c1-8-24(29(42)34(47)37-15-14-23-12-10-9-11-13-23)38-30(43)25(18-20(2)3)39-32(45)27(21(4)5)41-33(46)28(22(6)7)40-31(44)26-19-35-16-17-36-26/h9-13,16-17,19-22,24-25,27-28H,8,14-15,18H2,1-7H3,(H,37,47)(H,38,43)(H,39,45)(H,40,44)(H,41,46)/t24-,25-,27-,28-/m0/s1. The minimum atomic E-state index is -1.09. The molecule has 0 saturated carbocycles. The molecule has 5 amide bonds. The van der Waals surface area contributed by atoms with Gasteiger partial charge in [-0.1, -0.05) is 78.8 Å². The first kappa shape index (κ1) is 38.5. The molecule has 0 aliphatic rings. The lowest BCUT2D eigenvalue weighted by atomic mass is 9.98. The van der Waals surface area contributed by atoms with E-state index in [1.54, 1.807) is 34.6 Å². The Balaban J connectivity index is 2.09. The summed E-state index contributed by atoms with van der Waals surface area (Å²) in [6.45, 7) is 12.7. The maximum absolute atomic E-state index is 13.5. The third kappa shape index (κ3) is 12.6. The van der Waals surface area contributed by atoms with Crippen molar-refractivity contribution in [3.05, 3.63) is 60.2 Å². The van der Waals surface area contributed by atoms with Gasteiger partial charge in [0.15, 0.2) is 0 Å². The molecule has 2 rings (SSSR count). The van der Waals surface area contributed by atoms with Crippen LogP contribution in [-0.2, 0) is 30.4 Å². The number of nitrogens with zero attached hydrogens (tertiary/aromatic N) is 2. The molecule has 5 N–H and O–H groups in total. The van der Waals surface area contributed by atoms with Crippen molar-refractivity contribution in [1.82, 2.24) is 36.6 Å². The van der Waals surface area contributed by atoms with Crippen LogP contribution in [0.1, 0.15) is 77.4 Å². The third-order valence-corrected chi connectivity index (χ3v) is 7.43. The molecule has 1 heterocycles. The van der Waals surface area contributed by atoms with Gasteiger partial charge in [-0.25, -0.2) is 4.98 Å². The van der Waals surface area contributed by atoms with Crippen molar-refractivity contribution >= 4 is 35.3 Å². The first-order chi connectivity index (χ1) is 22.2. The highest BCUT2D eigenvalue weighted by atomic mass is 16.2. The van der Waals surface area contributed by atoms with E-state index in [0.29, 0.717) is 6.42 Å². The van der Waals surface area contributed by atoms with E-state index < -0.39 is 59.5 Å². The molecule has 13 heteroatoms. The Morgan fingerprint density at radius 3 is 1.87 bits per heavy atom. The van der Waals surface area contributed by atoms with Crippen molar-refractivity contribution in [1.29, 1.82) is 0 Å². The molecule has 0 unspecified atom stereocenters. The summed E-state index contributed by atoms with van der Waals surface area (Å²) in [6, 6.07) is 5.35. The van der Waals surface area contributed by atoms with Crippen LogP contribution in [-0.4, -0.2) is 76.0 Å². The molecule has 0 fully saturated rings. The number of ketones is 1. The second-order valence-electron chi connectivity index (χ2n) is 12.5. The maximum Gasteiger partial charge on any atom is 0.289 e. The van der Waals surface area contributed by atoms with E-state index in [0.717, 1.165) is 5.56 Å². The number of carbonyl (C=O) groups is 6. The van der Waals surface area contributed by atoms with Gasteiger partial charge in [0.1, 0.15) is 23.8 Å². The molecule has 0 aliphatic heterocycles. The maximum atomic E-state index is 13.5. The zero-order chi connectivity index (χ0) is 35.1. The van der Waals surface area contributed by atoms with Crippen molar-refractivity contribution < 1.29 is 28.8 Å². The molecule has 256 valence electrons. The minimum absolute atomic E-state index is 0.0168. The molecule has 2 aromatic rings. The SMILES string of the molecule is CC[C@H](NC(=O)[C@H](CC(C)C)NC(=O)[C@@H](NC(=O)[C@@H](NC(=O)c1cnccn1)C(C)C)C(C)C)C(=O)C(=O)NCCc1ccccc1. The average Bonchev–Trinajstić information content (AvgIpc) is 3.04. The van der Waals surface area contributed by atoms with Gasteiger partial charge in [-0.3, -0.25) is 33.8 Å². The highest BCUT2D eigenvalue weighted by Crippen LogP contribution is 2.11. The molecule has 0 bridgehead atoms. The molecule has 47 heavy (non-hydrogen) atoms. The van der Waals surface area contributed by atoms with Crippen LogP contribution >= 0.6 is 0 Å². The summed E-state index contributed by atoms with van der Waals surface area (Å²) in [7, 11) is 0. The summed E-state index contributed by atoms with van der Waals surface area (Å²) in [6.07, 6.45) is 5.03. The Morgan fingerprint density at radius 2 is 1.32 bits per heavy atom. The van der Waals surface area contributed by atoms with E-state index in [-0.39, 0.29) is 42.8 Å². The molecular formula is C34H49N7O6. The van der Waals surface area contributed by atoms with Crippen molar-refractivity contribution in [2.45, 2.75) is 91.9 Å². The summed E-state index contributed by atoms with van der Waals surface area (Å²) >= 11 is 0. The number of benzene rings is 1. The number of hydrogen-bond donors (Lipinski definition) is 5. The van der Waals surface area contributed by atoms with Crippen LogP contribution in [0, 0.1) is 17.8 Å². The van der Waals surface area contributed by atoms with Gasteiger partial charge < -0.3 is 26.6 Å². The van der Waals surface area contributed by atoms with E-state index in [1.165, 1.54) is 18.6 Å². The van der Waals surface area contributed by atoms with Crippen LogP contribution in [0.4, 0.5) is 0 Å². The molecule has 4 atom stereocenters. The van der Waals surface area contributed by atoms with Gasteiger partial charge in [0, 0.05) is 18.9 Å². The van der Waals surface area contributed by atoms with E-state index >= 15 is 0 Å². The van der Waals surface area contributed by atoms with Crippen LogP contribution in [0.2, 0.25) is 0 Å². The molecule has 0 aliphatic carbocycles. The van der Waals surface area contributed by atoms with Crippen LogP contribution < -0.4 is 26.6 Å². The van der Waals surface area contributed by atoms with Crippen LogP contribution in [0.25, 0.3) is 0 Å². The number of hydrogen-bond acceptors (Lipinski definition) is 8. The second-order valence-corrected chi connectivity index (χ2v) is 12.5.